The Morgan fingerprint density at radius 2 is 1.27 bits per heavy atom. The van der Waals surface area contributed by atoms with Gasteiger partial charge in [-0.15, -0.1) is 0 Å². The molecule has 0 aromatic carbocycles. The number of unbranched alkanes of at least 4 members (excludes halogenated alkanes) is 8. The van der Waals surface area contributed by atoms with Crippen molar-refractivity contribution < 1.29 is 4.79 Å². The number of rotatable bonds is 10. The molecule has 0 N–H and O–H groups in total. The average Bonchev–Trinajstić information content (AvgIpc) is 2.15. The van der Waals surface area contributed by atoms with Crippen LogP contribution in [0.15, 0.2) is 0 Å². The molecular formula is C13H26NaO. The molecule has 0 atom stereocenters. The first-order chi connectivity index (χ1) is 6.77. The third-order valence-corrected chi connectivity index (χ3v) is 2.56. The van der Waals surface area contributed by atoms with Gasteiger partial charge in [0.25, 0.3) is 0 Å². The molecule has 0 unspecified atom stereocenters. The SMILES string of the molecule is [CH2]C(=O)CCCCCCCCCCC.[NaH]. The van der Waals surface area contributed by atoms with Crippen molar-refractivity contribution in [3.05, 3.63) is 6.92 Å². The maximum absolute atomic E-state index is 10.5. The van der Waals surface area contributed by atoms with Gasteiger partial charge >= 0.3 is 29.6 Å². The van der Waals surface area contributed by atoms with Crippen LogP contribution < -0.4 is 0 Å². The van der Waals surface area contributed by atoms with Gasteiger partial charge in [0.2, 0.25) is 0 Å². The Kier molecular flexibility index (Phi) is 17.6. The number of hydrogen-bond donors (Lipinski definition) is 0. The molecule has 2 heteroatoms. The van der Waals surface area contributed by atoms with E-state index in [1.807, 2.05) is 0 Å². The Bertz CT molecular complexity index is 134. The Morgan fingerprint density at radius 3 is 1.67 bits per heavy atom. The Morgan fingerprint density at radius 1 is 0.867 bits per heavy atom. The standard InChI is InChI=1S/C13H25O.Na.H/c1-3-4-5-6-7-8-9-10-11-12-13(2)14;;/h2-12H2,1H3;;. The fourth-order valence-corrected chi connectivity index (χ4v) is 1.63. The second-order valence-corrected chi connectivity index (χ2v) is 4.12. The summed E-state index contributed by atoms with van der Waals surface area (Å²) in [6.07, 6.45) is 12.4. The summed E-state index contributed by atoms with van der Waals surface area (Å²) >= 11 is 0. The topological polar surface area (TPSA) is 17.1 Å². The molecule has 1 radical (unpaired) electrons. The molecule has 0 aliphatic heterocycles. The van der Waals surface area contributed by atoms with Gasteiger partial charge < -0.3 is 0 Å². The maximum atomic E-state index is 10.5. The molecule has 0 fully saturated rings. The number of Topliss-reactive ketones (excluding diaryl/α,β-unsaturated/α-hetero) is 1. The third-order valence-electron chi connectivity index (χ3n) is 2.56. The minimum atomic E-state index is 0. The number of hydrogen-bond acceptors (Lipinski definition) is 1. The van der Waals surface area contributed by atoms with Gasteiger partial charge in [-0.25, -0.2) is 0 Å². The molecule has 0 aromatic rings. The number of carbonyl (C=O) groups is 1. The van der Waals surface area contributed by atoms with E-state index in [1.165, 1.54) is 51.4 Å². The molecule has 85 valence electrons. The van der Waals surface area contributed by atoms with Crippen LogP contribution in [0.25, 0.3) is 0 Å². The summed E-state index contributed by atoms with van der Waals surface area (Å²) in [7, 11) is 0. The van der Waals surface area contributed by atoms with Crippen LogP contribution in [0.2, 0.25) is 0 Å². The average molecular weight is 221 g/mol. The Labute approximate surface area is 118 Å². The molecule has 0 aromatic heterocycles. The Balaban J connectivity index is 0. The molecule has 0 aliphatic carbocycles. The van der Waals surface area contributed by atoms with E-state index in [4.69, 9.17) is 0 Å². The van der Waals surface area contributed by atoms with Crippen LogP contribution >= 0.6 is 0 Å². The molecule has 0 amide bonds. The van der Waals surface area contributed by atoms with Gasteiger partial charge in [-0.3, -0.25) is 4.79 Å². The molecule has 15 heavy (non-hydrogen) atoms. The third kappa shape index (κ3) is 17.3. The molecule has 0 spiro atoms. The zero-order chi connectivity index (χ0) is 10.6. The molecule has 0 rings (SSSR count). The summed E-state index contributed by atoms with van der Waals surface area (Å²) in [5.41, 5.74) is 0. The summed E-state index contributed by atoms with van der Waals surface area (Å²) in [5, 5.41) is 0. The number of ketones is 1. The molecule has 0 saturated heterocycles. The molecule has 0 heterocycles. The number of carbonyl (C=O) groups excluding carboxylic acids is 1. The van der Waals surface area contributed by atoms with E-state index in [0.717, 1.165) is 6.42 Å². The zero-order valence-electron chi connectivity index (χ0n) is 9.69. The molecule has 0 saturated carbocycles. The fraction of sp³-hybridized carbons (Fsp3) is 0.846. The van der Waals surface area contributed by atoms with E-state index in [1.54, 1.807) is 0 Å². The van der Waals surface area contributed by atoms with E-state index < -0.39 is 0 Å². The van der Waals surface area contributed by atoms with Gasteiger partial charge in [0.1, 0.15) is 5.78 Å². The van der Waals surface area contributed by atoms with Crippen LogP contribution in [0.5, 0.6) is 0 Å². The second-order valence-electron chi connectivity index (χ2n) is 4.12. The van der Waals surface area contributed by atoms with Crippen LogP contribution in [-0.4, -0.2) is 35.3 Å². The predicted molar refractivity (Wildman–Crippen MR) is 69.4 cm³/mol. The molecule has 1 nitrogen and oxygen atoms in total. The van der Waals surface area contributed by atoms with E-state index in [-0.39, 0.29) is 35.3 Å². The van der Waals surface area contributed by atoms with Crippen molar-refractivity contribution in [1.29, 1.82) is 0 Å². The van der Waals surface area contributed by atoms with E-state index in [2.05, 4.69) is 13.8 Å². The van der Waals surface area contributed by atoms with Gasteiger partial charge in [0.15, 0.2) is 0 Å². The minimum absolute atomic E-state index is 0. The van der Waals surface area contributed by atoms with Gasteiger partial charge in [0.05, 0.1) is 0 Å². The van der Waals surface area contributed by atoms with E-state index in [9.17, 15) is 4.79 Å². The van der Waals surface area contributed by atoms with Crippen LogP contribution in [0.3, 0.4) is 0 Å². The molecule has 0 aliphatic rings. The van der Waals surface area contributed by atoms with Crippen molar-refractivity contribution in [3.63, 3.8) is 0 Å². The first-order valence-electron chi connectivity index (χ1n) is 6.12. The van der Waals surface area contributed by atoms with Crippen molar-refractivity contribution in [1.82, 2.24) is 0 Å². The van der Waals surface area contributed by atoms with Crippen molar-refractivity contribution in [2.45, 2.75) is 71.1 Å². The summed E-state index contributed by atoms with van der Waals surface area (Å²) in [5.74, 6) is 0.0907. The van der Waals surface area contributed by atoms with Gasteiger partial charge in [-0.2, -0.15) is 0 Å². The summed E-state index contributed by atoms with van der Waals surface area (Å²) in [4.78, 5) is 10.5. The zero-order valence-corrected chi connectivity index (χ0v) is 9.69. The van der Waals surface area contributed by atoms with Crippen molar-refractivity contribution in [3.8, 4) is 0 Å². The Hall–Kier alpha value is 0.670. The monoisotopic (exact) mass is 221 g/mol. The summed E-state index contributed by atoms with van der Waals surface area (Å²) in [6, 6.07) is 0. The first kappa shape index (κ1) is 18.0. The van der Waals surface area contributed by atoms with Gasteiger partial charge in [-0.1, -0.05) is 58.3 Å². The molecular weight excluding hydrogens is 195 g/mol. The van der Waals surface area contributed by atoms with Gasteiger partial charge in [-0.05, 0) is 6.42 Å². The van der Waals surface area contributed by atoms with E-state index >= 15 is 0 Å². The summed E-state index contributed by atoms with van der Waals surface area (Å²) in [6.45, 7) is 5.61. The molecule has 0 bridgehead atoms. The van der Waals surface area contributed by atoms with Crippen LogP contribution in [0.4, 0.5) is 0 Å². The van der Waals surface area contributed by atoms with Crippen LogP contribution in [0, 0.1) is 6.92 Å². The quantitative estimate of drug-likeness (QED) is 0.406. The predicted octanol–water partition coefficient (Wildman–Crippen LogP) is 3.66. The van der Waals surface area contributed by atoms with Gasteiger partial charge in [0, 0.05) is 13.3 Å². The van der Waals surface area contributed by atoms with Crippen molar-refractivity contribution in [2.75, 3.05) is 0 Å². The van der Waals surface area contributed by atoms with Crippen LogP contribution in [0.1, 0.15) is 71.1 Å². The second kappa shape index (κ2) is 14.7. The fourth-order valence-electron chi connectivity index (χ4n) is 1.63. The van der Waals surface area contributed by atoms with Crippen molar-refractivity contribution in [2.24, 2.45) is 0 Å². The first-order valence-corrected chi connectivity index (χ1v) is 6.12. The summed E-state index contributed by atoms with van der Waals surface area (Å²) < 4.78 is 0. The normalized spacial score (nSPS) is 9.73. The van der Waals surface area contributed by atoms with E-state index in [0.29, 0.717) is 6.42 Å². The van der Waals surface area contributed by atoms with Crippen molar-refractivity contribution >= 4 is 35.3 Å². The van der Waals surface area contributed by atoms with Crippen LogP contribution in [-0.2, 0) is 4.79 Å².